The Morgan fingerprint density at radius 2 is 0.914 bits per heavy atom. The first kappa shape index (κ1) is 42.6. The lowest BCUT2D eigenvalue weighted by Gasteiger charge is -2.12. The van der Waals surface area contributed by atoms with Crippen LogP contribution in [0.1, 0.15) is 48.4 Å². The lowest BCUT2D eigenvalue weighted by molar-refractivity contribution is 0.0931. The summed E-state index contributed by atoms with van der Waals surface area (Å²) >= 11 is 0. The molecule has 2 heterocycles. The van der Waals surface area contributed by atoms with Gasteiger partial charge < -0.3 is 18.9 Å². The van der Waals surface area contributed by atoms with Crippen LogP contribution in [-0.2, 0) is 19.7 Å². The van der Waals surface area contributed by atoms with Crippen molar-refractivity contribution < 1.29 is 45.4 Å². The molecule has 0 aliphatic heterocycles. The van der Waals surface area contributed by atoms with Gasteiger partial charge in [0.1, 0.15) is 34.5 Å². The molecule has 2 aromatic heterocycles. The predicted molar refractivity (Wildman–Crippen MR) is 215 cm³/mol. The largest absolute Gasteiger partial charge is 0.457 e. The molecule has 0 aliphatic carbocycles. The molecular weight excluding hydrogens is 785 g/mol. The fraction of sp³-hybridized carbons (Fsp3) is 0.190. The molecule has 58 heavy (non-hydrogen) atoms. The predicted octanol–water partition coefficient (Wildman–Crippen LogP) is 8.61. The molecular formula is C42H40N4O10S2. The zero-order chi connectivity index (χ0) is 42.0. The molecule has 0 atom stereocenters. The summed E-state index contributed by atoms with van der Waals surface area (Å²) in [5, 5.41) is 0. The number of hydrogen-bond donors (Lipinski definition) is 0. The number of Topliss-reactive ketones (excluding diaryl/α,β-unsaturated/α-hetero) is 2. The molecule has 0 saturated carbocycles. The van der Waals surface area contributed by atoms with Gasteiger partial charge in [0.15, 0.2) is 31.2 Å². The number of sulfone groups is 2. The van der Waals surface area contributed by atoms with Crippen molar-refractivity contribution in [2.75, 3.05) is 12.5 Å². The summed E-state index contributed by atoms with van der Waals surface area (Å²) in [5.74, 6) is 2.06. The van der Waals surface area contributed by atoms with Crippen LogP contribution in [0.3, 0.4) is 0 Å². The number of rotatable bonds is 14. The highest BCUT2D eigenvalue weighted by molar-refractivity contribution is 7.91. The summed E-state index contributed by atoms with van der Waals surface area (Å²) in [4.78, 5) is 41.4. The molecule has 0 aliphatic rings. The Hall–Kier alpha value is -6.52. The lowest BCUT2D eigenvalue weighted by atomic mass is 10.0. The quantitative estimate of drug-likeness (QED) is 0.0949. The Morgan fingerprint density at radius 3 is 1.29 bits per heavy atom. The maximum absolute atomic E-state index is 12.5. The fourth-order valence-electron chi connectivity index (χ4n) is 5.01. The van der Waals surface area contributed by atoms with Gasteiger partial charge in [-0.05, 0) is 78.9 Å². The van der Waals surface area contributed by atoms with E-state index in [-0.39, 0.29) is 45.1 Å². The van der Waals surface area contributed by atoms with Gasteiger partial charge in [0, 0.05) is 72.4 Å². The van der Waals surface area contributed by atoms with Crippen LogP contribution < -0.4 is 18.9 Å². The molecule has 0 unspecified atom stereocenters. The first-order valence-electron chi connectivity index (χ1n) is 17.7. The minimum Gasteiger partial charge on any atom is -0.457 e. The summed E-state index contributed by atoms with van der Waals surface area (Å²) in [6, 6.07) is 23.6. The molecule has 0 saturated heterocycles. The smallest absolute Gasteiger partial charge is 0.321 e. The summed E-state index contributed by atoms with van der Waals surface area (Å²) in [6.45, 7) is 7.23. The molecule has 0 fully saturated rings. The van der Waals surface area contributed by atoms with Gasteiger partial charge in [-0.25, -0.2) is 31.8 Å². The van der Waals surface area contributed by atoms with Crippen LogP contribution in [0.4, 0.5) is 0 Å². The molecule has 0 N–H and O–H groups in total. The van der Waals surface area contributed by atoms with Crippen molar-refractivity contribution in [2.45, 2.75) is 37.5 Å². The first-order chi connectivity index (χ1) is 27.4. The molecule has 6 aromatic rings. The number of hydrogen-bond acceptors (Lipinski definition) is 14. The summed E-state index contributed by atoms with van der Waals surface area (Å²) in [5.41, 5.74) is 0.861. The second kappa shape index (κ2) is 18.6. The van der Waals surface area contributed by atoms with Gasteiger partial charge in [-0.1, -0.05) is 27.7 Å². The van der Waals surface area contributed by atoms with Crippen molar-refractivity contribution in [1.82, 2.24) is 19.9 Å². The molecule has 0 bridgehead atoms. The Morgan fingerprint density at radius 1 is 0.500 bits per heavy atom. The maximum Gasteiger partial charge on any atom is 0.321 e. The minimum absolute atomic E-state index is 0.0631. The van der Waals surface area contributed by atoms with Crippen LogP contribution in [0, 0.1) is 11.8 Å². The normalized spacial score (nSPS) is 11.3. The van der Waals surface area contributed by atoms with Crippen molar-refractivity contribution in [1.29, 1.82) is 0 Å². The van der Waals surface area contributed by atoms with Gasteiger partial charge in [-0.15, -0.1) is 0 Å². The molecule has 0 amide bonds. The van der Waals surface area contributed by atoms with E-state index >= 15 is 0 Å². The van der Waals surface area contributed by atoms with Crippen LogP contribution in [0.2, 0.25) is 0 Å². The maximum atomic E-state index is 12.5. The fourth-order valence-corrected chi connectivity index (χ4v) is 6.28. The molecule has 4 aromatic carbocycles. The summed E-state index contributed by atoms with van der Waals surface area (Å²) in [6.07, 6.45) is 9.86. The van der Waals surface area contributed by atoms with Gasteiger partial charge in [0.2, 0.25) is 5.88 Å². The number of carbonyl (C=O) groups excluding carboxylic acids is 2. The molecule has 0 spiro atoms. The first-order valence-corrected chi connectivity index (χ1v) is 21.5. The van der Waals surface area contributed by atoms with Gasteiger partial charge in [-0.3, -0.25) is 14.6 Å². The van der Waals surface area contributed by atoms with E-state index in [1.165, 1.54) is 42.9 Å². The Labute approximate surface area is 336 Å². The number of benzene rings is 4. The van der Waals surface area contributed by atoms with Crippen molar-refractivity contribution >= 4 is 31.2 Å². The van der Waals surface area contributed by atoms with Gasteiger partial charge in [0.25, 0.3) is 0 Å². The zero-order valence-electron chi connectivity index (χ0n) is 32.4. The van der Waals surface area contributed by atoms with Crippen molar-refractivity contribution in [2.24, 2.45) is 11.8 Å². The average molecular weight is 825 g/mol. The third-order valence-corrected chi connectivity index (χ3v) is 10.1. The SMILES string of the molecule is CC(C)C(=O)c1cc(Oc2ccc(S(C)(=O)=O)cc2)cc(Oc2cnccn2)c1.CC(C)C(=O)c1cc(Oc2ccc(S(C)(=O)=O)cc2)cc(Oc2ncccn2)c1. The lowest BCUT2D eigenvalue weighted by Crippen LogP contribution is -2.07. The highest BCUT2D eigenvalue weighted by Crippen LogP contribution is 2.33. The van der Waals surface area contributed by atoms with E-state index in [2.05, 4.69) is 19.9 Å². The van der Waals surface area contributed by atoms with E-state index in [1.807, 2.05) is 13.8 Å². The van der Waals surface area contributed by atoms with E-state index < -0.39 is 19.7 Å². The van der Waals surface area contributed by atoms with Gasteiger partial charge in [0.05, 0.1) is 16.0 Å². The van der Waals surface area contributed by atoms with E-state index in [0.29, 0.717) is 45.6 Å². The second-order valence-corrected chi connectivity index (χ2v) is 17.4. The number of nitrogens with zero attached hydrogens (tertiary/aromatic N) is 4. The van der Waals surface area contributed by atoms with Gasteiger partial charge in [-0.2, -0.15) is 0 Å². The van der Waals surface area contributed by atoms with E-state index in [4.69, 9.17) is 18.9 Å². The Balaban J connectivity index is 0.000000221. The highest BCUT2D eigenvalue weighted by Gasteiger charge is 2.17. The van der Waals surface area contributed by atoms with Crippen molar-refractivity contribution in [3.8, 4) is 46.4 Å². The molecule has 6 rings (SSSR count). The van der Waals surface area contributed by atoms with Crippen LogP contribution >= 0.6 is 0 Å². The van der Waals surface area contributed by atoms with Gasteiger partial charge >= 0.3 is 6.01 Å². The molecule has 0 radical (unpaired) electrons. The van der Waals surface area contributed by atoms with E-state index in [9.17, 15) is 26.4 Å². The van der Waals surface area contributed by atoms with E-state index in [0.717, 1.165) is 12.5 Å². The topological polar surface area (TPSA) is 191 Å². The zero-order valence-corrected chi connectivity index (χ0v) is 34.0. The Kier molecular flexibility index (Phi) is 13.7. The summed E-state index contributed by atoms with van der Waals surface area (Å²) < 4.78 is 69.4. The van der Waals surface area contributed by atoms with Crippen LogP contribution in [-0.4, -0.2) is 60.8 Å². The number of carbonyl (C=O) groups is 2. The molecule has 16 heteroatoms. The van der Waals surface area contributed by atoms with Crippen LogP contribution in [0.25, 0.3) is 0 Å². The highest BCUT2D eigenvalue weighted by atomic mass is 32.2. The number of aromatic nitrogens is 4. The molecule has 14 nitrogen and oxygen atoms in total. The third kappa shape index (κ3) is 12.2. The minimum atomic E-state index is -3.30. The Bertz CT molecular complexity index is 2410. The van der Waals surface area contributed by atoms with E-state index in [1.54, 1.807) is 93.0 Å². The average Bonchev–Trinajstić information content (AvgIpc) is 3.18. The third-order valence-electron chi connectivity index (χ3n) is 7.87. The van der Waals surface area contributed by atoms with Crippen molar-refractivity contribution in [3.63, 3.8) is 0 Å². The standard InChI is InChI=1S/2C21H20N2O5S/c1-14(2)20(24)15-11-17(13-18(12-15)28-21-22-9-4-10-23-21)27-16-5-7-19(8-6-16)29(3,25)26;1-14(2)21(24)15-10-17(12-18(11-15)28-20-13-22-8-9-23-20)27-16-4-6-19(7-5-16)29(3,25)26/h2*4-14H,1-3H3. The van der Waals surface area contributed by atoms with Crippen molar-refractivity contribution in [3.05, 3.63) is 133 Å². The molecule has 300 valence electrons. The second-order valence-electron chi connectivity index (χ2n) is 13.4. The van der Waals surface area contributed by atoms with Crippen LogP contribution in [0.15, 0.2) is 132 Å². The summed E-state index contributed by atoms with van der Waals surface area (Å²) in [7, 11) is -6.59. The van der Waals surface area contributed by atoms with Crippen LogP contribution in [0.5, 0.6) is 46.4 Å². The number of ketones is 2. The number of ether oxygens (including phenoxy) is 4. The monoisotopic (exact) mass is 824 g/mol.